The molecule has 1 saturated heterocycles. The quantitative estimate of drug-likeness (QED) is 0.828. The molecule has 2 aromatic carbocycles. The molecule has 1 heterocycles. The molecule has 0 spiro atoms. The van der Waals surface area contributed by atoms with E-state index in [1.165, 1.54) is 22.3 Å². The lowest BCUT2D eigenvalue weighted by molar-refractivity contribution is 0.220. The molecule has 0 aliphatic carbocycles. The Morgan fingerprint density at radius 3 is 2.54 bits per heavy atom. The van der Waals surface area contributed by atoms with Gasteiger partial charge in [0.25, 0.3) is 0 Å². The van der Waals surface area contributed by atoms with Crippen LogP contribution in [0.3, 0.4) is 0 Å². The Hall–Kier alpha value is -1.84. The number of rotatable bonds is 6. The van der Waals surface area contributed by atoms with E-state index in [-0.39, 0.29) is 5.41 Å². The third-order valence-corrected chi connectivity index (χ3v) is 5.94. The fourth-order valence-corrected chi connectivity index (χ4v) is 4.56. The van der Waals surface area contributed by atoms with Gasteiger partial charge in [-0.3, -0.25) is 0 Å². The largest absolute Gasteiger partial charge is 0.496 e. The molecule has 2 unspecified atom stereocenters. The van der Waals surface area contributed by atoms with Crippen molar-refractivity contribution >= 4 is 0 Å². The van der Waals surface area contributed by atoms with Crippen molar-refractivity contribution in [2.45, 2.75) is 38.5 Å². The Labute approximate surface area is 158 Å². The van der Waals surface area contributed by atoms with Crippen LogP contribution in [0.15, 0.2) is 42.5 Å². The number of aryl methyl sites for hydroxylation is 2. The summed E-state index contributed by atoms with van der Waals surface area (Å²) in [5.41, 5.74) is 11.1. The third kappa shape index (κ3) is 3.51. The van der Waals surface area contributed by atoms with Crippen molar-refractivity contribution in [1.82, 2.24) is 5.32 Å². The number of ether oxygens (including phenoxy) is 1. The molecule has 1 aliphatic rings. The molecule has 0 amide bonds. The summed E-state index contributed by atoms with van der Waals surface area (Å²) in [6.45, 7) is 7.10. The first-order chi connectivity index (χ1) is 12.6. The van der Waals surface area contributed by atoms with Crippen molar-refractivity contribution in [2.75, 3.05) is 26.7 Å². The molecule has 2 aromatic rings. The molecule has 1 fully saturated rings. The Morgan fingerprint density at radius 1 is 1.12 bits per heavy atom. The van der Waals surface area contributed by atoms with E-state index in [9.17, 15) is 0 Å². The summed E-state index contributed by atoms with van der Waals surface area (Å²) in [4.78, 5) is 0. The van der Waals surface area contributed by atoms with Crippen molar-refractivity contribution in [3.8, 4) is 5.75 Å². The Bertz CT molecular complexity index is 725. The number of hydrogen-bond donors (Lipinski definition) is 2. The van der Waals surface area contributed by atoms with Gasteiger partial charge in [0.1, 0.15) is 5.75 Å². The molecule has 3 N–H and O–H groups in total. The molecule has 0 bridgehead atoms. The van der Waals surface area contributed by atoms with Crippen LogP contribution in [0.1, 0.15) is 41.5 Å². The van der Waals surface area contributed by atoms with Crippen molar-refractivity contribution in [1.29, 1.82) is 0 Å². The first-order valence-corrected chi connectivity index (χ1v) is 9.75. The van der Waals surface area contributed by atoms with Crippen LogP contribution in [-0.2, 0) is 5.41 Å². The summed E-state index contributed by atoms with van der Waals surface area (Å²) < 4.78 is 5.83. The first kappa shape index (κ1) is 18.9. The molecule has 3 nitrogen and oxygen atoms in total. The second-order valence-corrected chi connectivity index (χ2v) is 7.62. The second kappa shape index (κ2) is 8.24. The number of methoxy groups -OCH3 is 1. The molecular formula is C23H32N2O. The number of hydrogen-bond acceptors (Lipinski definition) is 3. The van der Waals surface area contributed by atoms with E-state index < -0.39 is 0 Å². The lowest BCUT2D eigenvalue weighted by Crippen LogP contribution is -2.49. The van der Waals surface area contributed by atoms with Crippen LogP contribution in [0.5, 0.6) is 5.75 Å². The molecule has 1 aliphatic heterocycles. The zero-order chi connectivity index (χ0) is 18.6. The van der Waals surface area contributed by atoms with E-state index in [1.54, 1.807) is 7.11 Å². The minimum absolute atomic E-state index is 0.0362. The first-order valence-electron chi connectivity index (χ1n) is 9.75. The molecule has 3 rings (SSSR count). The highest BCUT2D eigenvalue weighted by Gasteiger charge is 2.44. The van der Waals surface area contributed by atoms with Crippen LogP contribution in [0.2, 0.25) is 0 Å². The summed E-state index contributed by atoms with van der Waals surface area (Å²) >= 11 is 0. The predicted octanol–water partition coefficient (Wildman–Crippen LogP) is 3.95. The van der Waals surface area contributed by atoms with Gasteiger partial charge in [-0.1, -0.05) is 47.5 Å². The van der Waals surface area contributed by atoms with Gasteiger partial charge < -0.3 is 15.8 Å². The van der Waals surface area contributed by atoms with Crippen LogP contribution in [0, 0.1) is 19.8 Å². The number of benzene rings is 2. The maximum atomic E-state index is 5.87. The topological polar surface area (TPSA) is 47.3 Å². The lowest BCUT2D eigenvalue weighted by Gasteiger charge is -2.46. The molecule has 0 aromatic heterocycles. The average molecular weight is 353 g/mol. The number of nitrogens with two attached hydrogens (primary N) is 1. The number of piperidine rings is 1. The van der Waals surface area contributed by atoms with Crippen LogP contribution in [0.25, 0.3) is 0 Å². The maximum absolute atomic E-state index is 5.87. The highest BCUT2D eigenvalue weighted by atomic mass is 16.5. The van der Waals surface area contributed by atoms with Crippen molar-refractivity contribution in [3.05, 3.63) is 64.7 Å². The SMILES string of the molecule is COc1ccc(C)cc1C1(c2ccc(C)cc2)CCNCC1CCCN. The third-order valence-electron chi connectivity index (χ3n) is 5.94. The normalized spacial score (nSPS) is 23.0. The van der Waals surface area contributed by atoms with Crippen LogP contribution in [0.4, 0.5) is 0 Å². The van der Waals surface area contributed by atoms with E-state index in [2.05, 4.69) is 61.6 Å². The number of nitrogens with one attached hydrogen (secondary N) is 1. The summed E-state index contributed by atoms with van der Waals surface area (Å²) in [7, 11) is 1.78. The maximum Gasteiger partial charge on any atom is 0.122 e. The monoisotopic (exact) mass is 352 g/mol. The molecule has 2 atom stereocenters. The van der Waals surface area contributed by atoms with Crippen LogP contribution >= 0.6 is 0 Å². The van der Waals surface area contributed by atoms with Gasteiger partial charge in [0, 0.05) is 11.0 Å². The summed E-state index contributed by atoms with van der Waals surface area (Å²) in [6.07, 6.45) is 3.24. The average Bonchev–Trinajstić information content (AvgIpc) is 2.67. The van der Waals surface area contributed by atoms with Crippen molar-refractivity contribution < 1.29 is 4.74 Å². The summed E-state index contributed by atoms with van der Waals surface area (Å²) in [6, 6.07) is 15.7. The molecule has 0 radical (unpaired) electrons. The molecular weight excluding hydrogens is 320 g/mol. The van der Waals surface area contributed by atoms with Gasteiger partial charge in [0.2, 0.25) is 0 Å². The molecule has 140 valence electrons. The highest BCUT2D eigenvalue weighted by molar-refractivity contribution is 5.50. The predicted molar refractivity (Wildman–Crippen MR) is 109 cm³/mol. The minimum atomic E-state index is -0.0362. The lowest BCUT2D eigenvalue weighted by atomic mass is 9.60. The van der Waals surface area contributed by atoms with Gasteiger partial charge in [-0.2, -0.15) is 0 Å². The minimum Gasteiger partial charge on any atom is -0.496 e. The van der Waals surface area contributed by atoms with Crippen molar-refractivity contribution in [2.24, 2.45) is 11.7 Å². The van der Waals surface area contributed by atoms with Gasteiger partial charge in [0.05, 0.1) is 7.11 Å². The summed E-state index contributed by atoms with van der Waals surface area (Å²) in [5.74, 6) is 1.49. The smallest absolute Gasteiger partial charge is 0.122 e. The molecule has 26 heavy (non-hydrogen) atoms. The van der Waals surface area contributed by atoms with Crippen molar-refractivity contribution in [3.63, 3.8) is 0 Å². The Balaban J connectivity index is 2.21. The Morgan fingerprint density at radius 2 is 1.85 bits per heavy atom. The fraction of sp³-hybridized carbons (Fsp3) is 0.478. The van der Waals surface area contributed by atoms with Gasteiger partial charge in [-0.15, -0.1) is 0 Å². The van der Waals surface area contributed by atoms with Gasteiger partial charge >= 0.3 is 0 Å². The Kier molecular flexibility index (Phi) is 6.00. The standard InChI is InChI=1S/C23H32N2O/c1-17-6-9-19(10-7-17)23(12-14-25-16-20(23)5-4-13-24)21-15-18(2)8-11-22(21)26-3/h6-11,15,20,25H,4-5,12-14,16,24H2,1-3H3. The zero-order valence-corrected chi connectivity index (χ0v) is 16.3. The second-order valence-electron chi connectivity index (χ2n) is 7.62. The van der Waals surface area contributed by atoms with E-state index >= 15 is 0 Å². The van der Waals surface area contributed by atoms with E-state index in [0.29, 0.717) is 5.92 Å². The fourth-order valence-electron chi connectivity index (χ4n) is 4.56. The highest BCUT2D eigenvalue weighted by Crippen LogP contribution is 2.49. The van der Waals surface area contributed by atoms with Gasteiger partial charge in [0.15, 0.2) is 0 Å². The van der Waals surface area contributed by atoms with Gasteiger partial charge in [-0.05, 0) is 70.3 Å². The zero-order valence-electron chi connectivity index (χ0n) is 16.3. The van der Waals surface area contributed by atoms with Gasteiger partial charge in [-0.25, -0.2) is 0 Å². The van der Waals surface area contributed by atoms with Crippen LogP contribution in [-0.4, -0.2) is 26.7 Å². The summed E-state index contributed by atoms with van der Waals surface area (Å²) in [5, 5.41) is 3.62. The van der Waals surface area contributed by atoms with E-state index in [4.69, 9.17) is 10.5 Å². The van der Waals surface area contributed by atoms with E-state index in [0.717, 1.165) is 44.6 Å². The molecule has 0 saturated carbocycles. The molecule has 3 heteroatoms. The van der Waals surface area contributed by atoms with Crippen LogP contribution < -0.4 is 15.8 Å². The van der Waals surface area contributed by atoms with E-state index in [1.807, 2.05) is 0 Å².